The molecule has 0 spiro atoms. The molecule has 1 aromatic carbocycles. The highest BCUT2D eigenvalue weighted by Crippen LogP contribution is 2.28. The van der Waals surface area contributed by atoms with Gasteiger partial charge in [0.25, 0.3) is 0 Å². The lowest BCUT2D eigenvalue weighted by molar-refractivity contribution is 0.398. The zero-order chi connectivity index (χ0) is 16.2. The van der Waals surface area contributed by atoms with E-state index < -0.39 is 0 Å². The van der Waals surface area contributed by atoms with Gasteiger partial charge in [-0.3, -0.25) is 0 Å². The number of hydrogen-bond donors (Lipinski definition) is 0. The molecule has 1 aliphatic rings. The normalized spacial score (nSPS) is 16.1. The van der Waals surface area contributed by atoms with Gasteiger partial charge in [-0.2, -0.15) is 4.37 Å². The van der Waals surface area contributed by atoms with Crippen LogP contribution in [-0.4, -0.2) is 29.6 Å². The molecule has 0 bridgehead atoms. The van der Waals surface area contributed by atoms with E-state index in [-0.39, 0.29) is 0 Å². The van der Waals surface area contributed by atoms with Crippen molar-refractivity contribution in [1.29, 1.82) is 0 Å². The van der Waals surface area contributed by atoms with Crippen LogP contribution in [0.4, 0.5) is 5.13 Å². The highest BCUT2D eigenvalue weighted by atomic mass is 32.1. The summed E-state index contributed by atoms with van der Waals surface area (Å²) in [7, 11) is 1.73. The summed E-state index contributed by atoms with van der Waals surface area (Å²) < 4.78 is 9.79. The Bertz CT molecular complexity index is 633. The molecule has 1 aliphatic heterocycles. The molecule has 0 atom stereocenters. The molecular weight excluding hydrogens is 306 g/mol. The molecule has 1 fully saturated rings. The monoisotopic (exact) mass is 331 g/mol. The maximum atomic E-state index is 5.32. The van der Waals surface area contributed by atoms with Gasteiger partial charge in [0.05, 0.1) is 7.11 Å². The topological polar surface area (TPSA) is 38.2 Å². The second kappa shape index (κ2) is 7.30. The van der Waals surface area contributed by atoms with E-state index in [2.05, 4.69) is 46.3 Å². The molecule has 1 saturated heterocycles. The third-order valence-corrected chi connectivity index (χ3v) is 5.28. The Labute approximate surface area is 142 Å². The number of rotatable bonds is 5. The summed E-state index contributed by atoms with van der Waals surface area (Å²) in [6, 6.07) is 8.45. The maximum absolute atomic E-state index is 5.32. The van der Waals surface area contributed by atoms with Crippen LogP contribution < -0.4 is 9.64 Å². The second-order valence-electron chi connectivity index (χ2n) is 6.58. The first kappa shape index (κ1) is 16.2. The highest BCUT2D eigenvalue weighted by molar-refractivity contribution is 7.09. The van der Waals surface area contributed by atoms with Crippen molar-refractivity contribution in [2.45, 2.75) is 39.0 Å². The predicted octanol–water partition coefficient (Wildman–Crippen LogP) is 4.13. The van der Waals surface area contributed by atoms with E-state index in [1.807, 2.05) is 6.07 Å². The highest BCUT2D eigenvalue weighted by Gasteiger charge is 2.22. The minimum absolute atomic E-state index is 0.408. The lowest BCUT2D eigenvalue weighted by Crippen LogP contribution is -2.34. The first-order valence-corrected chi connectivity index (χ1v) is 9.14. The number of piperidine rings is 1. The third-order valence-electron chi connectivity index (χ3n) is 4.49. The molecular formula is C18H25N3OS. The van der Waals surface area contributed by atoms with Crippen molar-refractivity contribution < 1.29 is 4.74 Å². The van der Waals surface area contributed by atoms with Crippen molar-refractivity contribution in [3.8, 4) is 5.75 Å². The Kier molecular flexibility index (Phi) is 5.16. The molecule has 23 heavy (non-hydrogen) atoms. The average molecular weight is 331 g/mol. The fourth-order valence-corrected chi connectivity index (χ4v) is 3.91. The van der Waals surface area contributed by atoms with Crippen molar-refractivity contribution >= 4 is 16.7 Å². The summed E-state index contributed by atoms with van der Waals surface area (Å²) in [5.74, 6) is 3.08. The molecule has 124 valence electrons. The summed E-state index contributed by atoms with van der Waals surface area (Å²) in [5.41, 5.74) is 1.38. The van der Waals surface area contributed by atoms with Gasteiger partial charge in [0.2, 0.25) is 5.13 Å². The van der Waals surface area contributed by atoms with Crippen LogP contribution in [0.3, 0.4) is 0 Å². The van der Waals surface area contributed by atoms with Gasteiger partial charge < -0.3 is 9.64 Å². The average Bonchev–Trinajstić information content (AvgIpc) is 3.06. The van der Waals surface area contributed by atoms with Crippen LogP contribution in [0.5, 0.6) is 5.75 Å². The van der Waals surface area contributed by atoms with Crippen LogP contribution in [0.2, 0.25) is 0 Å². The molecule has 2 heterocycles. The standard InChI is InChI=1S/C18H25N3OS/c1-13(2)17-19-18(23-20-17)21-9-7-14(8-10-21)11-15-5-4-6-16(12-15)22-3/h4-6,12-14H,7-11H2,1-3H3. The Morgan fingerprint density at radius 3 is 2.74 bits per heavy atom. The summed E-state index contributed by atoms with van der Waals surface area (Å²) in [6.45, 7) is 6.46. The summed E-state index contributed by atoms with van der Waals surface area (Å²) >= 11 is 1.54. The van der Waals surface area contributed by atoms with Crippen molar-refractivity contribution in [1.82, 2.24) is 9.36 Å². The molecule has 1 aromatic heterocycles. The van der Waals surface area contributed by atoms with E-state index in [0.717, 1.165) is 42.1 Å². The quantitative estimate of drug-likeness (QED) is 0.826. The van der Waals surface area contributed by atoms with Crippen molar-refractivity contribution in [3.63, 3.8) is 0 Å². The van der Waals surface area contributed by atoms with E-state index in [4.69, 9.17) is 4.74 Å². The lowest BCUT2D eigenvalue weighted by atomic mass is 9.90. The van der Waals surface area contributed by atoms with Gasteiger partial charge in [-0.1, -0.05) is 26.0 Å². The summed E-state index contributed by atoms with van der Waals surface area (Å²) in [4.78, 5) is 7.08. The van der Waals surface area contributed by atoms with Crippen LogP contribution >= 0.6 is 11.5 Å². The van der Waals surface area contributed by atoms with Crippen LogP contribution in [-0.2, 0) is 6.42 Å². The lowest BCUT2D eigenvalue weighted by Gasteiger charge is -2.31. The summed E-state index contributed by atoms with van der Waals surface area (Å²) in [6.07, 6.45) is 3.57. The maximum Gasteiger partial charge on any atom is 0.205 e. The minimum atomic E-state index is 0.408. The molecule has 0 N–H and O–H groups in total. The number of anilines is 1. The second-order valence-corrected chi connectivity index (χ2v) is 7.31. The fourth-order valence-electron chi connectivity index (χ4n) is 3.05. The van der Waals surface area contributed by atoms with E-state index in [1.165, 1.54) is 18.4 Å². The van der Waals surface area contributed by atoms with E-state index in [1.54, 1.807) is 18.6 Å². The van der Waals surface area contributed by atoms with Gasteiger partial charge in [-0.05, 0) is 42.9 Å². The van der Waals surface area contributed by atoms with Gasteiger partial charge >= 0.3 is 0 Å². The van der Waals surface area contributed by atoms with Crippen LogP contribution in [0, 0.1) is 5.92 Å². The molecule has 0 radical (unpaired) electrons. The number of methoxy groups -OCH3 is 1. The molecule has 4 nitrogen and oxygen atoms in total. The first-order valence-electron chi connectivity index (χ1n) is 8.37. The Balaban J connectivity index is 1.55. The SMILES string of the molecule is COc1cccc(CC2CCN(c3nc(C(C)C)ns3)CC2)c1. The smallest absolute Gasteiger partial charge is 0.205 e. The van der Waals surface area contributed by atoms with Gasteiger partial charge in [0, 0.05) is 30.5 Å². The molecule has 0 aliphatic carbocycles. The zero-order valence-corrected chi connectivity index (χ0v) is 15.0. The fraction of sp³-hybridized carbons (Fsp3) is 0.556. The van der Waals surface area contributed by atoms with Gasteiger partial charge in [0.1, 0.15) is 11.6 Å². The largest absolute Gasteiger partial charge is 0.497 e. The summed E-state index contributed by atoms with van der Waals surface area (Å²) in [5, 5.41) is 1.09. The van der Waals surface area contributed by atoms with Gasteiger partial charge in [-0.15, -0.1) is 0 Å². The van der Waals surface area contributed by atoms with Gasteiger partial charge in [0.15, 0.2) is 0 Å². The Hall–Kier alpha value is -1.62. The molecule has 3 rings (SSSR count). The van der Waals surface area contributed by atoms with Crippen LogP contribution in [0.25, 0.3) is 0 Å². The van der Waals surface area contributed by atoms with Crippen LogP contribution in [0.15, 0.2) is 24.3 Å². The van der Waals surface area contributed by atoms with Crippen molar-refractivity contribution in [2.75, 3.05) is 25.1 Å². The molecule has 0 unspecified atom stereocenters. The van der Waals surface area contributed by atoms with Crippen LogP contribution in [0.1, 0.15) is 44.0 Å². The minimum Gasteiger partial charge on any atom is -0.497 e. The van der Waals surface area contributed by atoms with E-state index in [9.17, 15) is 0 Å². The molecule has 2 aromatic rings. The Morgan fingerprint density at radius 2 is 2.09 bits per heavy atom. The molecule has 5 heteroatoms. The number of ether oxygens (including phenoxy) is 1. The third kappa shape index (κ3) is 4.02. The van der Waals surface area contributed by atoms with Gasteiger partial charge in [-0.25, -0.2) is 4.98 Å². The number of benzene rings is 1. The first-order chi connectivity index (χ1) is 11.2. The number of nitrogens with zero attached hydrogens (tertiary/aromatic N) is 3. The Morgan fingerprint density at radius 1 is 1.30 bits per heavy atom. The van der Waals surface area contributed by atoms with Crippen molar-refractivity contribution in [3.05, 3.63) is 35.7 Å². The van der Waals surface area contributed by atoms with E-state index in [0.29, 0.717) is 5.92 Å². The predicted molar refractivity (Wildman–Crippen MR) is 95.6 cm³/mol. The molecule has 0 amide bonds. The number of hydrogen-bond acceptors (Lipinski definition) is 5. The van der Waals surface area contributed by atoms with E-state index >= 15 is 0 Å². The number of aromatic nitrogens is 2. The molecule has 0 saturated carbocycles. The van der Waals surface area contributed by atoms with Crippen molar-refractivity contribution in [2.24, 2.45) is 5.92 Å². The zero-order valence-electron chi connectivity index (χ0n) is 14.2.